The zero-order chi connectivity index (χ0) is 14.0. The van der Waals surface area contributed by atoms with Crippen LogP contribution in [0.5, 0.6) is 0 Å². The van der Waals surface area contributed by atoms with Gasteiger partial charge in [0.25, 0.3) is 0 Å². The molecule has 2 aromatic rings. The summed E-state index contributed by atoms with van der Waals surface area (Å²) in [6, 6.07) is 12.1. The molecule has 0 atom stereocenters. The number of rotatable bonds is 3. The van der Waals surface area contributed by atoms with Gasteiger partial charge in [-0.2, -0.15) is 0 Å². The minimum absolute atomic E-state index is 0.149. The second kappa shape index (κ2) is 6.18. The van der Waals surface area contributed by atoms with Crippen LogP contribution in [0.1, 0.15) is 27.0 Å². The van der Waals surface area contributed by atoms with Crippen LogP contribution < -0.4 is 0 Å². The maximum Gasteiger partial charge on any atom is 0.168 e. The van der Waals surface area contributed by atoms with Gasteiger partial charge in [0.15, 0.2) is 5.78 Å². The molecule has 0 radical (unpaired) electrons. The molecule has 0 unspecified atom stereocenters. The van der Waals surface area contributed by atoms with Crippen LogP contribution in [-0.2, 0) is 6.42 Å². The molecule has 0 bridgehead atoms. The topological polar surface area (TPSA) is 17.1 Å². The van der Waals surface area contributed by atoms with Crippen LogP contribution in [0.15, 0.2) is 40.9 Å². The molecule has 2 aromatic carbocycles. The Morgan fingerprint density at radius 2 is 1.74 bits per heavy atom. The number of ketones is 1. The Hall–Kier alpha value is -0.680. The Morgan fingerprint density at radius 3 is 2.37 bits per heavy atom. The fourth-order valence-electron chi connectivity index (χ4n) is 2.16. The number of halogens is 2. The lowest BCUT2D eigenvalue weighted by Gasteiger charge is -2.07. The smallest absolute Gasteiger partial charge is 0.168 e. The summed E-state index contributed by atoms with van der Waals surface area (Å²) in [5.41, 5.74) is 4.23. The minimum atomic E-state index is 0.149. The zero-order valence-corrected chi connectivity index (χ0v) is 14.6. The molecule has 0 N–H and O–H groups in total. The van der Waals surface area contributed by atoms with E-state index >= 15 is 0 Å². The first kappa shape index (κ1) is 14.7. The van der Waals surface area contributed by atoms with Crippen LogP contribution in [0.3, 0.4) is 0 Å². The van der Waals surface area contributed by atoms with E-state index in [0.29, 0.717) is 6.42 Å². The normalized spacial score (nSPS) is 10.5. The molecule has 3 heteroatoms. The first-order valence-corrected chi connectivity index (χ1v) is 7.88. The molecule has 2 rings (SSSR count). The van der Waals surface area contributed by atoms with E-state index in [1.807, 2.05) is 18.2 Å². The predicted molar refractivity (Wildman–Crippen MR) is 90.8 cm³/mol. The lowest BCUT2D eigenvalue weighted by atomic mass is 10.00. The van der Waals surface area contributed by atoms with Gasteiger partial charge in [-0.25, -0.2) is 0 Å². The molecule has 0 aliphatic rings. The largest absolute Gasteiger partial charge is 0.294 e. The van der Waals surface area contributed by atoms with E-state index in [1.54, 1.807) is 0 Å². The summed E-state index contributed by atoms with van der Waals surface area (Å²) in [4.78, 5) is 12.4. The predicted octanol–water partition coefficient (Wildman–Crippen LogP) is 5.10. The summed E-state index contributed by atoms with van der Waals surface area (Å²) in [6.07, 6.45) is 0.446. The van der Waals surface area contributed by atoms with Crippen LogP contribution in [0, 0.1) is 17.4 Å². The highest BCUT2D eigenvalue weighted by atomic mass is 127. The number of Topliss-reactive ketones (excluding diaryl/α,β-unsaturated/α-hetero) is 1. The minimum Gasteiger partial charge on any atom is -0.294 e. The van der Waals surface area contributed by atoms with Crippen LogP contribution in [-0.4, -0.2) is 5.78 Å². The van der Waals surface area contributed by atoms with Crippen molar-refractivity contribution < 1.29 is 4.79 Å². The van der Waals surface area contributed by atoms with Crippen molar-refractivity contribution in [2.75, 3.05) is 0 Å². The molecular weight excluding hydrogens is 415 g/mol. The van der Waals surface area contributed by atoms with Gasteiger partial charge in [-0.1, -0.05) is 45.3 Å². The number of hydrogen-bond acceptors (Lipinski definition) is 1. The summed E-state index contributed by atoms with van der Waals surface area (Å²) in [6.45, 7) is 4.12. The lowest BCUT2D eigenvalue weighted by molar-refractivity contribution is 0.0992. The Kier molecular flexibility index (Phi) is 4.79. The SMILES string of the molecule is Cc1cc(C)cc(CC(=O)c2cc(I)ccc2Br)c1. The van der Waals surface area contributed by atoms with E-state index in [-0.39, 0.29) is 5.78 Å². The molecule has 0 amide bonds. The van der Waals surface area contributed by atoms with Crippen molar-refractivity contribution in [3.8, 4) is 0 Å². The number of hydrogen-bond donors (Lipinski definition) is 0. The van der Waals surface area contributed by atoms with Crippen molar-refractivity contribution in [3.05, 3.63) is 66.7 Å². The quantitative estimate of drug-likeness (QED) is 0.491. The maximum absolute atomic E-state index is 12.4. The standard InChI is InChI=1S/C16H14BrIO/c1-10-5-11(2)7-12(6-10)8-16(19)14-9-13(18)3-4-15(14)17/h3-7,9H,8H2,1-2H3. The number of aryl methyl sites for hydroxylation is 2. The highest BCUT2D eigenvalue weighted by molar-refractivity contribution is 14.1. The fraction of sp³-hybridized carbons (Fsp3) is 0.188. The summed E-state index contributed by atoms with van der Waals surface area (Å²) < 4.78 is 1.94. The molecule has 0 heterocycles. The molecular formula is C16H14BrIO. The van der Waals surface area contributed by atoms with Gasteiger partial charge in [-0.05, 0) is 60.2 Å². The van der Waals surface area contributed by atoms with Crippen LogP contribution in [0.2, 0.25) is 0 Å². The van der Waals surface area contributed by atoms with Gasteiger partial charge >= 0.3 is 0 Å². The van der Waals surface area contributed by atoms with Gasteiger partial charge in [0.05, 0.1) is 0 Å². The van der Waals surface area contributed by atoms with Gasteiger partial charge in [0, 0.05) is 20.0 Å². The Morgan fingerprint density at radius 1 is 1.11 bits per heavy atom. The van der Waals surface area contributed by atoms with E-state index in [2.05, 4.69) is 70.6 Å². The van der Waals surface area contributed by atoms with Gasteiger partial charge in [0.1, 0.15) is 0 Å². The van der Waals surface area contributed by atoms with E-state index in [4.69, 9.17) is 0 Å². The third kappa shape index (κ3) is 3.89. The number of carbonyl (C=O) groups excluding carboxylic acids is 1. The molecule has 0 aromatic heterocycles. The third-order valence-electron chi connectivity index (χ3n) is 2.87. The summed E-state index contributed by atoms with van der Waals surface area (Å²) in [7, 11) is 0. The average molecular weight is 429 g/mol. The Bertz CT molecular complexity index is 614. The fourth-order valence-corrected chi connectivity index (χ4v) is 3.12. The molecule has 0 aliphatic heterocycles. The van der Waals surface area contributed by atoms with E-state index < -0.39 is 0 Å². The third-order valence-corrected chi connectivity index (χ3v) is 4.24. The van der Waals surface area contributed by atoms with Crippen LogP contribution in [0.25, 0.3) is 0 Å². The summed E-state index contributed by atoms with van der Waals surface area (Å²) >= 11 is 5.67. The number of carbonyl (C=O) groups is 1. The molecule has 0 spiro atoms. The molecule has 1 nitrogen and oxygen atoms in total. The second-order valence-electron chi connectivity index (χ2n) is 4.72. The summed E-state index contributed by atoms with van der Waals surface area (Å²) in [5, 5.41) is 0. The molecule has 19 heavy (non-hydrogen) atoms. The van der Waals surface area contributed by atoms with Crippen molar-refractivity contribution in [3.63, 3.8) is 0 Å². The molecule has 98 valence electrons. The molecule has 0 aliphatic carbocycles. The monoisotopic (exact) mass is 428 g/mol. The Labute approximate surface area is 135 Å². The van der Waals surface area contributed by atoms with E-state index in [0.717, 1.165) is 19.2 Å². The first-order valence-electron chi connectivity index (χ1n) is 6.01. The highest BCUT2D eigenvalue weighted by Gasteiger charge is 2.11. The highest BCUT2D eigenvalue weighted by Crippen LogP contribution is 2.22. The molecule has 0 fully saturated rings. The first-order chi connectivity index (χ1) is 8.95. The van der Waals surface area contributed by atoms with E-state index in [9.17, 15) is 4.79 Å². The molecule has 0 saturated carbocycles. The second-order valence-corrected chi connectivity index (χ2v) is 6.82. The summed E-state index contributed by atoms with van der Waals surface area (Å²) in [5.74, 6) is 0.149. The van der Waals surface area contributed by atoms with Crippen molar-refractivity contribution in [2.45, 2.75) is 20.3 Å². The molecule has 0 saturated heterocycles. The van der Waals surface area contributed by atoms with Crippen molar-refractivity contribution in [2.24, 2.45) is 0 Å². The van der Waals surface area contributed by atoms with Gasteiger partial charge in [-0.15, -0.1) is 0 Å². The van der Waals surface area contributed by atoms with Gasteiger partial charge < -0.3 is 0 Å². The van der Waals surface area contributed by atoms with Gasteiger partial charge in [-0.3, -0.25) is 4.79 Å². The van der Waals surface area contributed by atoms with Crippen molar-refractivity contribution in [1.29, 1.82) is 0 Å². The zero-order valence-electron chi connectivity index (χ0n) is 10.8. The lowest BCUT2D eigenvalue weighted by Crippen LogP contribution is -2.05. The van der Waals surface area contributed by atoms with Crippen LogP contribution in [0.4, 0.5) is 0 Å². The maximum atomic E-state index is 12.4. The number of benzene rings is 2. The van der Waals surface area contributed by atoms with E-state index in [1.165, 1.54) is 11.1 Å². The van der Waals surface area contributed by atoms with Crippen LogP contribution >= 0.6 is 38.5 Å². The van der Waals surface area contributed by atoms with Gasteiger partial charge in [0.2, 0.25) is 0 Å². The average Bonchev–Trinajstić information content (AvgIpc) is 2.30. The Balaban J connectivity index is 2.28. The van der Waals surface area contributed by atoms with Crippen molar-refractivity contribution >= 4 is 44.3 Å². The van der Waals surface area contributed by atoms with Crippen molar-refractivity contribution in [1.82, 2.24) is 0 Å².